The Morgan fingerprint density at radius 1 is 1.16 bits per heavy atom. The fourth-order valence-electron chi connectivity index (χ4n) is 3.50. The van der Waals surface area contributed by atoms with Crippen molar-refractivity contribution in [1.29, 1.82) is 0 Å². The van der Waals surface area contributed by atoms with Crippen LogP contribution in [0.1, 0.15) is 18.1 Å². The highest BCUT2D eigenvalue weighted by molar-refractivity contribution is 6.37. The van der Waals surface area contributed by atoms with Gasteiger partial charge in [-0.15, -0.1) is 0 Å². The van der Waals surface area contributed by atoms with Crippen LogP contribution in [0.15, 0.2) is 48.7 Å². The highest BCUT2D eigenvalue weighted by atomic mass is 35.5. The Morgan fingerprint density at radius 2 is 1.87 bits per heavy atom. The molecule has 4 amide bonds. The molecule has 7 nitrogen and oxygen atoms in total. The predicted molar refractivity (Wildman–Crippen MR) is 119 cm³/mol. The number of urea groups is 1. The van der Waals surface area contributed by atoms with Crippen molar-refractivity contribution in [3.05, 3.63) is 69.8 Å². The van der Waals surface area contributed by atoms with Crippen molar-refractivity contribution in [2.45, 2.75) is 19.4 Å². The van der Waals surface area contributed by atoms with Crippen molar-refractivity contribution in [2.24, 2.45) is 0 Å². The largest absolute Gasteiger partial charge is 0.325 e. The van der Waals surface area contributed by atoms with Gasteiger partial charge < -0.3 is 10.6 Å². The second-order valence-electron chi connectivity index (χ2n) is 7.45. The van der Waals surface area contributed by atoms with Crippen LogP contribution in [0.5, 0.6) is 0 Å². The molecular formula is C22H18Cl2N4O3. The Kier molecular flexibility index (Phi) is 5.33. The second kappa shape index (κ2) is 7.83. The van der Waals surface area contributed by atoms with Gasteiger partial charge in [-0.25, -0.2) is 9.78 Å². The lowest BCUT2D eigenvalue weighted by Crippen LogP contribution is -2.42. The van der Waals surface area contributed by atoms with Crippen LogP contribution >= 0.6 is 23.2 Å². The van der Waals surface area contributed by atoms with E-state index in [9.17, 15) is 14.4 Å². The summed E-state index contributed by atoms with van der Waals surface area (Å²) >= 11 is 12.1. The van der Waals surface area contributed by atoms with Gasteiger partial charge in [-0.05, 0) is 41.8 Å². The number of halogens is 2. The van der Waals surface area contributed by atoms with Crippen molar-refractivity contribution in [1.82, 2.24) is 15.2 Å². The van der Waals surface area contributed by atoms with Crippen LogP contribution in [0, 0.1) is 6.92 Å². The van der Waals surface area contributed by atoms with Crippen LogP contribution < -0.4 is 10.6 Å². The highest BCUT2D eigenvalue weighted by Gasteiger charge is 2.49. The number of anilines is 1. The molecule has 1 saturated heterocycles. The van der Waals surface area contributed by atoms with E-state index in [2.05, 4.69) is 15.6 Å². The smallest absolute Gasteiger partial charge is 0.319 e. The lowest BCUT2D eigenvalue weighted by atomic mass is 9.90. The minimum atomic E-state index is -1.28. The number of nitrogens with zero attached hydrogens (tertiary/aromatic N) is 2. The number of fused-ring (bicyclic) bond motifs is 1. The lowest BCUT2D eigenvalue weighted by molar-refractivity contribution is -0.133. The molecule has 1 fully saturated rings. The number of hydrogen-bond acceptors (Lipinski definition) is 4. The number of benzene rings is 2. The number of aromatic nitrogens is 1. The van der Waals surface area contributed by atoms with Crippen molar-refractivity contribution in [3.63, 3.8) is 0 Å². The third-order valence-electron chi connectivity index (χ3n) is 5.36. The molecule has 1 aliphatic heterocycles. The Bertz CT molecular complexity index is 1250. The molecule has 4 rings (SSSR count). The zero-order chi connectivity index (χ0) is 22.3. The number of carbonyl (C=O) groups excluding carboxylic acids is 3. The van der Waals surface area contributed by atoms with Gasteiger partial charge in [0.25, 0.3) is 5.91 Å². The van der Waals surface area contributed by atoms with E-state index in [1.54, 1.807) is 19.9 Å². The number of amides is 4. The van der Waals surface area contributed by atoms with Gasteiger partial charge in [0.1, 0.15) is 12.1 Å². The Balaban J connectivity index is 1.55. The molecule has 0 radical (unpaired) electrons. The van der Waals surface area contributed by atoms with E-state index in [0.29, 0.717) is 16.1 Å². The highest BCUT2D eigenvalue weighted by Crippen LogP contribution is 2.31. The summed E-state index contributed by atoms with van der Waals surface area (Å²) in [7, 11) is 0. The first-order valence-corrected chi connectivity index (χ1v) is 10.2. The zero-order valence-electron chi connectivity index (χ0n) is 16.7. The standard InChI is InChI=1S/C22H18Cl2N4O3/c1-12-16(23)10-25-19(18(12)24)26-17(29)11-28-20(30)22(2,27-21(28)31)15-8-7-13-5-3-4-6-14(13)9-15/h3-10H,11H2,1-2H3,(H,27,31)(H,25,26,29). The van der Waals surface area contributed by atoms with E-state index in [0.717, 1.165) is 15.7 Å². The molecule has 0 saturated carbocycles. The second-order valence-corrected chi connectivity index (χ2v) is 8.24. The number of imide groups is 1. The molecule has 2 N–H and O–H groups in total. The van der Waals surface area contributed by atoms with Crippen LogP contribution in [0.2, 0.25) is 10.0 Å². The van der Waals surface area contributed by atoms with Crippen molar-refractivity contribution in [2.75, 3.05) is 11.9 Å². The van der Waals surface area contributed by atoms with Gasteiger partial charge in [0.2, 0.25) is 5.91 Å². The van der Waals surface area contributed by atoms with E-state index in [1.165, 1.54) is 6.20 Å². The Morgan fingerprint density at radius 3 is 2.61 bits per heavy atom. The average molecular weight is 457 g/mol. The molecule has 2 heterocycles. The summed E-state index contributed by atoms with van der Waals surface area (Å²) in [6.07, 6.45) is 1.36. The van der Waals surface area contributed by atoms with Crippen LogP contribution in [-0.4, -0.2) is 34.3 Å². The number of nitrogens with one attached hydrogen (secondary N) is 2. The third-order valence-corrected chi connectivity index (χ3v) is 6.21. The minimum absolute atomic E-state index is 0.109. The summed E-state index contributed by atoms with van der Waals surface area (Å²) in [5.41, 5.74) is -0.0910. The average Bonchev–Trinajstić information content (AvgIpc) is 2.97. The topological polar surface area (TPSA) is 91.4 Å². The Hall–Kier alpha value is -3.16. The number of hydrogen-bond donors (Lipinski definition) is 2. The van der Waals surface area contributed by atoms with E-state index in [1.807, 2.05) is 36.4 Å². The fraction of sp³-hybridized carbons (Fsp3) is 0.182. The molecular weight excluding hydrogens is 439 g/mol. The van der Waals surface area contributed by atoms with Crippen LogP contribution in [-0.2, 0) is 15.1 Å². The molecule has 0 bridgehead atoms. The van der Waals surface area contributed by atoms with Crippen LogP contribution in [0.25, 0.3) is 10.8 Å². The normalized spacial score (nSPS) is 18.4. The summed E-state index contributed by atoms with van der Waals surface area (Å²) in [5.74, 6) is -1.02. The van der Waals surface area contributed by atoms with E-state index >= 15 is 0 Å². The van der Waals surface area contributed by atoms with Gasteiger partial charge in [0, 0.05) is 6.20 Å². The monoisotopic (exact) mass is 456 g/mol. The number of pyridine rings is 1. The molecule has 0 aliphatic carbocycles. The van der Waals surface area contributed by atoms with Crippen LogP contribution in [0.4, 0.5) is 10.6 Å². The quantitative estimate of drug-likeness (QED) is 0.573. The minimum Gasteiger partial charge on any atom is -0.319 e. The maximum atomic E-state index is 13.1. The van der Waals surface area contributed by atoms with Gasteiger partial charge in [-0.3, -0.25) is 14.5 Å². The molecule has 1 atom stereocenters. The van der Waals surface area contributed by atoms with Gasteiger partial charge in [0.05, 0.1) is 10.0 Å². The molecule has 158 valence electrons. The predicted octanol–water partition coefficient (Wildman–Crippen LogP) is 4.26. The van der Waals surface area contributed by atoms with Gasteiger partial charge in [-0.1, -0.05) is 59.6 Å². The molecule has 0 spiro atoms. The molecule has 31 heavy (non-hydrogen) atoms. The molecule has 1 unspecified atom stereocenters. The van der Waals surface area contributed by atoms with Crippen molar-refractivity contribution >= 4 is 57.6 Å². The van der Waals surface area contributed by atoms with Crippen molar-refractivity contribution in [3.8, 4) is 0 Å². The first-order valence-electron chi connectivity index (χ1n) is 9.44. The van der Waals surface area contributed by atoms with E-state index in [-0.39, 0.29) is 10.8 Å². The first kappa shape index (κ1) is 21.1. The zero-order valence-corrected chi connectivity index (χ0v) is 18.2. The fourth-order valence-corrected chi connectivity index (χ4v) is 3.89. The summed E-state index contributed by atoms with van der Waals surface area (Å²) in [5, 5.41) is 7.75. The maximum absolute atomic E-state index is 13.1. The third kappa shape index (κ3) is 3.71. The lowest BCUT2D eigenvalue weighted by Gasteiger charge is -2.22. The van der Waals surface area contributed by atoms with Gasteiger partial charge >= 0.3 is 6.03 Å². The van der Waals surface area contributed by atoms with Gasteiger partial charge in [-0.2, -0.15) is 0 Å². The number of carbonyl (C=O) groups is 3. The maximum Gasteiger partial charge on any atom is 0.325 e. The summed E-state index contributed by atoms with van der Waals surface area (Å²) in [6.45, 7) is 2.83. The number of rotatable bonds is 4. The first-order chi connectivity index (χ1) is 14.7. The van der Waals surface area contributed by atoms with Crippen LogP contribution in [0.3, 0.4) is 0 Å². The van der Waals surface area contributed by atoms with Gasteiger partial charge in [0.15, 0.2) is 5.82 Å². The molecule has 1 aliphatic rings. The molecule has 3 aromatic rings. The van der Waals surface area contributed by atoms with E-state index in [4.69, 9.17) is 23.2 Å². The summed E-state index contributed by atoms with van der Waals surface area (Å²) < 4.78 is 0. The SMILES string of the molecule is Cc1c(Cl)cnc(NC(=O)CN2C(=O)NC(C)(c3ccc4ccccc4c3)C2=O)c1Cl. The molecule has 2 aromatic carbocycles. The summed E-state index contributed by atoms with van der Waals surface area (Å²) in [4.78, 5) is 43.1. The van der Waals surface area contributed by atoms with E-state index < -0.39 is 29.9 Å². The molecule has 9 heteroatoms. The van der Waals surface area contributed by atoms with Crippen molar-refractivity contribution < 1.29 is 14.4 Å². The summed E-state index contributed by atoms with van der Waals surface area (Å²) in [6, 6.07) is 12.6. The molecule has 1 aromatic heterocycles. The Labute approximate surface area is 188 Å².